The Bertz CT molecular complexity index is 543. The van der Waals surface area contributed by atoms with Crippen molar-refractivity contribution in [3.63, 3.8) is 0 Å². The largest absolute Gasteiger partial charge is 0.297 e. The molecule has 1 heterocycles. The van der Waals surface area contributed by atoms with Crippen molar-refractivity contribution >= 4 is 21.6 Å². The van der Waals surface area contributed by atoms with Crippen LogP contribution in [0.4, 0.5) is 10.1 Å². The predicted octanol–water partition coefficient (Wildman–Crippen LogP) is 2.08. The van der Waals surface area contributed by atoms with E-state index in [9.17, 15) is 14.5 Å². The minimum Gasteiger partial charge on any atom is -0.258 e. The Morgan fingerprint density at radius 2 is 2.25 bits per heavy atom. The van der Waals surface area contributed by atoms with E-state index in [1.807, 2.05) is 0 Å². The molecule has 0 N–H and O–H groups in total. The summed E-state index contributed by atoms with van der Waals surface area (Å²) in [6, 6.07) is 2.11. The molecule has 0 aliphatic carbocycles. The number of rotatable bonds is 2. The van der Waals surface area contributed by atoms with Crippen molar-refractivity contribution in [1.82, 2.24) is 14.8 Å². The third kappa shape index (κ3) is 1.78. The minimum absolute atomic E-state index is 0.128. The van der Waals surface area contributed by atoms with E-state index in [0.717, 1.165) is 6.07 Å². The van der Waals surface area contributed by atoms with Gasteiger partial charge in [0.1, 0.15) is 24.2 Å². The highest BCUT2D eigenvalue weighted by Gasteiger charge is 2.19. The van der Waals surface area contributed by atoms with Crippen molar-refractivity contribution < 1.29 is 9.31 Å². The van der Waals surface area contributed by atoms with Crippen LogP contribution in [0.15, 0.2) is 29.3 Å². The van der Waals surface area contributed by atoms with Gasteiger partial charge in [-0.25, -0.2) is 14.1 Å². The zero-order valence-corrected chi connectivity index (χ0v) is 9.26. The maximum atomic E-state index is 13.2. The molecular weight excluding hydrogens is 283 g/mol. The van der Waals surface area contributed by atoms with Gasteiger partial charge in [-0.2, -0.15) is 5.10 Å². The molecule has 0 spiro atoms. The standard InChI is InChI=1S/C8H4BrFN4O2/c9-5-1-7(13-4-11-3-12-13)8(14(15)16)2-6(5)10/h1-4H. The lowest BCUT2D eigenvalue weighted by Crippen LogP contribution is -2.01. The van der Waals surface area contributed by atoms with E-state index >= 15 is 0 Å². The molecule has 2 aromatic rings. The number of benzene rings is 1. The average molecular weight is 287 g/mol. The molecule has 0 saturated heterocycles. The van der Waals surface area contributed by atoms with Crippen molar-refractivity contribution in [2.45, 2.75) is 0 Å². The van der Waals surface area contributed by atoms with Crippen molar-refractivity contribution in [3.05, 3.63) is 45.2 Å². The van der Waals surface area contributed by atoms with Gasteiger partial charge in [0.2, 0.25) is 0 Å². The van der Waals surface area contributed by atoms with Gasteiger partial charge < -0.3 is 0 Å². The molecule has 0 bridgehead atoms. The molecule has 0 amide bonds. The molecule has 0 atom stereocenters. The smallest absolute Gasteiger partial charge is 0.258 e. The summed E-state index contributed by atoms with van der Waals surface area (Å²) in [5.74, 6) is -0.699. The van der Waals surface area contributed by atoms with Crippen LogP contribution in [0.1, 0.15) is 0 Å². The van der Waals surface area contributed by atoms with Gasteiger partial charge >= 0.3 is 0 Å². The van der Waals surface area contributed by atoms with Crippen LogP contribution < -0.4 is 0 Å². The minimum atomic E-state index is -0.699. The monoisotopic (exact) mass is 286 g/mol. The van der Waals surface area contributed by atoms with Crippen LogP contribution in [-0.2, 0) is 0 Å². The molecule has 0 saturated carbocycles. The quantitative estimate of drug-likeness (QED) is 0.626. The maximum Gasteiger partial charge on any atom is 0.297 e. The number of nitro groups is 1. The van der Waals surface area contributed by atoms with Crippen molar-refractivity contribution in [2.24, 2.45) is 0 Å². The highest BCUT2D eigenvalue weighted by Crippen LogP contribution is 2.28. The lowest BCUT2D eigenvalue weighted by molar-refractivity contribution is -0.384. The van der Waals surface area contributed by atoms with E-state index < -0.39 is 10.7 Å². The van der Waals surface area contributed by atoms with Crippen LogP contribution in [0, 0.1) is 15.9 Å². The summed E-state index contributed by atoms with van der Waals surface area (Å²) in [7, 11) is 0. The Kier molecular flexibility index (Phi) is 2.65. The summed E-state index contributed by atoms with van der Waals surface area (Å²) in [6.07, 6.45) is 2.54. The number of nitro benzene ring substituents is 1. The second-order valence-electron chi connectivity index (χ2n) is 2.85. The third-order valence-corrected chi connectivity index (χ3v) is 2.49. The highest BCUT2D eigenvalue weighted by molar-refractivity contribution is 9.10. The van der Waals surface area contributed by atoms with Gasteiger partial charge in [-0.3, -0.25) is 10.1 Å². The van der Waals surface area contributed by atoms with Crippen LogP contribution in [-0.4, -0.2) is 19.7 Å². The van der Waals surface area contributed by atoms with Gasteiger partial charge in [-0.05, 0) is 22.0 Å². The molecule has 0 radical (unpaired) electrons. The summed E-state index contributed by atoms with van der Waals surface area (Å²) in [4.78, 5) is 13.7. The van der Waals surface area contributed by atoms with Crippen LogP contribution in [0.5, 0.6) is 0 Å². The maximum absolute atomic E-state index is 13.2. The summed E-state index contributed by atoms with van der Waals surface area (Å²) >= 11 is 2.96. The van der Waals surface area contributed by atoms with Gasteiger partial charge in [0.05, 0.1) is 15.5 Å². The Labute approximate surface area is 97.0 Å². The number of hydrogen-bond donors (Lipinski definition) is 0. The molecular formula is C8H4BrFN4O2. The molecule has 1 aromatic carbocycles. The normalized spacial score (nSPS) is 10.4. The zero-order chi connectivity index (χ0) is 11.7. The summed E-state index contributed by atoms with van der Waals surface area (Å²) < 4.78 is 14.5. The lowest BCUT2D eigenvalue weighted by Gasteiger charge is -2.03. The second kappa shape index (κ2) is 3.97. The first-order valence-electron chi connectivity index (χ1n) is 4.08. The summed E-state index contributed by atoms with van der Waals surface area (Å²) in [5.41, 5.74) is -0.220. The first kappa shape index (κ1) is 10.7. The topological polar surface area (TPSA) is 73.8 Å². The number of hydrogen-bond acceptors (Lipinski definition) is 4. The van der Waals surface area contributed by atoms with Crippen LogP contribution in [0.2, 0.25) is 0 Å². The molecule has 1 aromatic heterocycles. The van der Waals surface area contributed by atoms with E-state index in [2.05, 4.69) is 26.0 Å². The molecule has 0 aliphatic rings. The fraction of sp³-hybridized carbons (Fsp3) is 0. The summed E-state index contributed by atoms with van der Waals surface area (Å²) in [6.45, 7) is 0. The number of nitrogens with zero attached hydrogens (tertiary/aromatic N) is 4. The van der Waals surface area contributed by atoms with Gasteiger partial charge in [-0.1, -0.05) is 0 Å². The first-order chi connectivity index (χ1) is 7.59. The van der Waals surface area contributed by atoms with Gasteiger partial charge in [0.25, 0.3) is 5.69 Å². The Hall–Kier alpha value is -1.83. The molecule has 6 nitrogen and oxygen atoms in total. The fourth-order valence-corrected chi connectivity index (χ4v) is 1.52. The van der Waals surface area contributed by atoms with Crippen LogP contribution >= 0.6 is 15.9 Å². The molecule has 0 fully saturated rings. The highest BCUT2D eigenvalue weighted by atomic mass is 79.9. The molecule has 16 heavy (non-hydrogen) atoms. The predicted molar refractivity (Wildman–Crippen MR) is 55.7 cm³/mol. The van der Waals surface area contributed by atoms with Gasteiger partial charge in [0.15, 0.2) is 0 Å². The van der Waals surface area contributed by atoms with Crippen molar-refractivity contribution in [2.75, 3.05) is 0 Å². The third-order valence-electron chi connectivity index (χ3n) is 1.88. The summed E-state index contributed by atoms with van der Waals surface area (Å²) in [5, 5.41) is 14.5. The number of halogens is 2. The van der Waals surface area contributed by atoms with E-state index in [1.165, 1.54) is 23.4 Å². The second-order valence-corrected chi connectivity index (χ2v) is 3.71. The molecule has 0 aliphatic heterocycles. The first-order valence-corrected chi connectivity index (χ1v) is 4.87. The molecule has 0 unspecified atom stereocenters. The average Bonchev–Trinajstić information content (AvgIpc) is 2.74. The van der Waals surface area contributed by atoms with Crippen LogP contribution in [0.3, 0.4) is 0 Å². The number of aromatic nitrogens is 3. The van der Waals surface area contributed by atoms with E-state index in [1.54, 1.807) is 0 Å². The SMILES string of the molecule is O=[N+]([O-])c1cc(F)c(Br)cc1-n1cncn1. The van der Waals surface area contributed by atoms with Crippen molar-refractivity contribution in [1.29, 1.82) is 0 Å². The Morgan fingerprint density at radius 3 is 2.81 bits per heavy atom. The van der Waals surface area contributed by atoms with E-state index in [-0.39, 0.29) is 15.8 Å². The van der Waals surface area contributed by atoms with E-state index in [0.29, 0.717) is 0 Å². The van der Waals surface area contributed by atoms with Gasteiger partial charge in [0, 0.05) is 0 Å². The fourth-order valence-electron chi connectivity index (χ4n) is 1.19. The molecule has 8 heteroatoms. The lowest BCUT2D eigenvalue weighted by atomic mass is 10.2. The Morgan fingerprint density at radius 1 is 1.50 bits per heavy atom. The van der Waals surface area contributed by atoms with Gasteiger partial charge in [-0.15, -0.1) is 0 Å². The zero-order valence-electron chi connectivity index (χ0n) is 7.67. The Balaban J connectivity index is 2.68. The van der Waals surface area contributed by atoms with Crippen molar-refractivity contribution in [3.8, 4) is 5.69 Å². The molecule has 2 rings (SSSR count). The molecule has 82 valence electrons. The van der Waals surface area contributed by atoms with E-state index in [4.69, 9.17) is 0 Å². The van der Waals surface area contributed by atoms with Crippen LogP contribution in [0.25, 0.3) is 5.69 Å².